The first-order chi connectivity index (χ1) is 9.97. The first-order valence-corrected chi connectivity index (χ1v) is 6.34. The van der Waals surface area contributed by atoms with Crippen LogP contribution in [-0.4, -0.2) is 36.7 Å². The lowest BCUT2D eigenvalue weighted by atomic mass is 10.1. The van der Waals surface area contributed by atoms with Gasteiger partial charge in [-0.2, -0.15) is 0 Å². The number of carbonyl (C=O) groups excluding carboxylic acids is 2. The summed E-state index contributed by atoms with van der Waals surface area (Å²) in [6, 6.07) is 4.20. The van der Waals surface area contributed by atoms with E-state index in [-0.39, 0.29) is 36.7 Å². The molecule has 1 rings (SSSR count). The lowest BCUT2D eigenvalue weighted by molar-refractivity contribution is -0.144. The van der Waals surface area contributed by atoms with E-state index in [1.165, 1.54) is 25.3 Å². The SMILES string of the molecule is CCOC(=O)CCC(=O)Nc1ccc(C(=O)O)c(OC)c1. The van der Waals surface area contributed by atoms with Crippen LogP contribution in [0.15, 0.2) is 18.2 Å². The van der Waals surface area contributed by atoms with E-state index < -0.39 is 11.9 Å². The number of esters is 1. The topological polar surface area (TPSA) is 102 Å². The van der Waals surface area contributed by atoms with Crippen molar-refractivity contribution in [3.05, 3.63) is 23.8 Å². The summed E-state index contributed by atoms with van der Waals surface area (Å²) < 4.78 is 9.67. The van der Waals surface area contributed by atoms with Crippen LogP contribution in [0.3, 0.4) is 0 Å². The van der Waals surface area contributed by atoms with Gasteiger partial charge in [0.15, 0.2) is 0 Å². The monoisotopic (exact) mass is 295 g/mol. The summed E-state index contributed by atoms with van der Waals surface area (Å²) in [6.07, 6.45) is -0.0220. The van der Waals surface area contributed by atoms with Gasteiger partial charge in [0.2, 0.25) is 5.91 Å². The number of carbonyl (C=O) groups is 3. The molecule has 0 radical (unpaired) electrons. The molecule has 0 heterocycles. The number of amides is 1. The average Bonchev–Trinajstić information content (AvgIpc) is 2.45. The number of carboxylic acids is 1. The van der Waals surface area contributed by atoms with Crippen LogP contribution in [0.5, 0.6) is 5.75 Å². The number of methoxy groups -OCH3 is 1. The van der Waals surface area contributed by atoms with Crippen molar-refractivity contribution in [2.75, 3.05) is 19.0 Å². The highest BCUT2D eigenvalue weighted by Crippen LogP contribution is 2.23. The number of hydrogen-bond acceptors (Lipinski definition) is 5. The quantitative estimate of drug-likeness (QED) is 0.742. The normalized spacial score (nSPS) is 9.81. The molecule has 0 spiro atoms. The molecule has 0 saturated heterocycles. The number of hydrogen-bond donors (Lipinski definition) is 2. The van der Waals surface area contributed by atoms with Crippen molar-refractivity contribution in [2.24, 2.45) is 0 Å². The van der Waals surface area contributed by atoms with E-state index >= 15 is 0 Å². The Kier molecular flexibility index (Phi) is 6.19. The molecule has 2 N–H and O–H groups in total. The Bertz CT molecular complexity index is 540. The fraction of sp³-hybridized carbons (Fsp3) is 0.357. The number of carboxylic acid groups (broad SMARTS) is 1. The summed E-state index contributed by atoms with van der Waals surface area (Å²) in [5.41, 5.74) is 0.396. The Hall–Kier alpha value is -2.57. The van der Waals surface area contributed by atoms with Crippen LogP contribution in [0.4, 0.5) is 5.69 Å². The van der Waals surface area contributed by atoms with Crippen molar-refractivity contribution >= 4 is 23.5 Å². The molecule has 0 aromatic heterocycles. The zero-order valence-corrected chi connectivity index (χ0v) is 11.8. The van der Waals surface area contributed by atoms with Gasteiger partial charge in [-0.25, -0.2) is 4.79 Å². The summed E-state index contributed by atoms with van der Waals surface area (Å²) in [5.74, 6) is -1.78. The number of benzene rings is 1. The molecule has 0 atom stereocenters. The van der Waals surface area contributed by atoms with E-state index in [1.807, 2.05) is 0 Å². The molecular formula is C14H17NO6. The van der Waals surface area contributed by atoms with E-state index in [4.69, 9.17) is 14.6 Å². The minimum atomic E-state index is -1.12. The fourth-order valence-corrected chi connectivity index (χ4v) is 1.62. The highest BCUT2D eigenvalue weighted by molar-refractivity contribution is 5.95. The second-order valence-electron chi connectivity index (χ2n) is 4.07. The van der Waals surface area contributed by atoms with Gasteiger partial charge in [-0.05, 0) is 19.1 Å². The molecular weight excluding hydrogens is 278 g/mol. The van der Waals surface area contributed by atoms with E-state index in [2.05, 4.69) is 5.32 Å². The molecule has 1 aromatic rings. The summed E-state index contributed by atoms with van der Waals surface area (Å²) >= 11 is 0. The van der Waals surface area contributed by atoms with Gasteiger partial charge in [-0.3, -0.25) is 9.59 Å². The molecule has 1 amide bonds. The molecule has 7 heteroatoms. The molecule has 114 valence electrons. The van der Waals surface area contributed by atoms with Crippen molar-refractivity contribution < 1.29 is 29.0 Å². The molecule has 1 aromatic carbocycles. The van der Waals surface area contributed by atoms with Gasteiger partial charge in [0.05, 0.1) is 20.1 Å². The van der Waals surface area contributed by atoms with Gasteiger partial charge in [0.1, 0.15) is 11.3 Å². The van der Waals surface area contributed by atoms with Crippen LogP contribution in [0, 0.1) is 0 Å². The van der Waals surface area contributed by atoms with Crippen LogP contribution in [0.2, 0.25) is 0 Å². The molecule has 0 aliphatic heterocycles. The highest BCUT2D eigenvalue weighted by Gasteiger charge is 2.13. The van der Waals surface area contributed by atoms with E-state index in [0.29, 0.717) is 5.69 Å². The summed E-state index contributed by atoms with van der Waals surface area (Å²) in [6.45, 7) is 1.96. The second kappa shape index (κ2) is 7.88. The average molecular weight is 295 g/mol. The number of anilines is 1. The summed E-state index contributed by atoms with van der Waals surface area (Å²) in [4.78, 5) is 33.7. The molecule has 0 fully saturated rings. The van der Waals surface area contributed by atoms with Crippen molar-refractivity contribution in [1.29, 1.82) is 0 Å². The van der Waals surface area contributed by atoms with E-state index in [0.717, 1.165) is 0 Å². The third kappa shape index (κ3) is 5.13. The first-order valence-electron chi connectivity index (χ1n) is 6.34. The molecule has 0 saturated carbocycles. The maximum absolute atomic E-state index is 11.7. The fourth-order valence-electron chi connectivity index (χ4n) is 1.62. The minimum Gasteiger partial charge on any atom is -0.496 e. The third-order valence-corrected chi connectivity index (χ3v) is 2.58. The lowest BCUT2D eigenvalue weighted by Crippen LogP contribution is -2.14. The van der Waals surface area contributed by atoms with Crippen molar-refractivity contribution in [3.63, 3.8) is 0 Å². The Morgan fingerprint density at radius 2 is 1.95 bits per heavy atom. The predicted molar refractivity (Wildman–Crippen MR) is 74.5 cm³/mol. The van der Waals surface area contributed by atoms with E-state index in [9.17, 15) is 14.4 Å². The van der Waals surface area contributed by atoms with E-state index in [1.54, 1.807) is 6.92 Å². The van der Waals surface area contributed by atoms with Crippen LogP contribution < -0.4 is 10.1 Å². The number of aromatic carboxylic acids is 1. The predicted octanol–water partition coefficient (Wildman–Crippen LogP) is 1.68. The van der Waals surface area contributed by atoms with Gasteiger partial charge < -0.3 is 19.9 Å². The second-order valence-corrected chi connectivity index (χ2v) is 4.07. The number of nitrogens with one attached hydrogen (secondary N) is 1. The van der Waals surface area contributed by atoms with Crippen molar-refractivity contribution in [1.82, 2.24) is 0 Å². The largest absolute Gasteiger partial charge is 0.496 e. The van der Waals surface area contributed by atoms with Crippen molar-refractivity contribution in [2.45, 2.75) is 19.8 Å². The Labute approximate surface area is 121 Å². The van der Waals surface area contributed by atoms with Crippen molar-refractivity contribution in [3.8, 4) is 5.75 Å². The standard InChI is InChI=1S/C14H17NO6/c1-3-21-13(17)7-6-12(16)15-9-4-5-10(14(18)19)11(8-9)20-2/h4-5,8H,3,6-7H2,1-2H3,(H,15,16)(H,18,19). The molecule has 0 aliphatic carbocycles. The maximum atomic E-state index is 11.7. The van der Waals surface area contributed by atoms with Gasteiger partial charge in [-0.15, -0.1) is 0 Å². The third-order valence-electron chi connectivity index (χ3n) is 2.58. The van der Waals surface area contributed by atoms with Crippen LogP contribution in [-0.2, 0) is 14.3 Å². The first kappa shape index (κ1) is 16.5. The zero-order chi connectivity index (χ0) is 15.8. The lowest BCUT2D eigenvalue weighted by Gasteiger charge is -2.09. The number of ether oxygens (including phenoxy) is 2. The Morgan fingerprint density at radius 3 is 2.52 bits per heavy atom. The Balaban J connectivity index is 2.64. The minimum absolute atomic E-state index is 0.00187. The molecule has 0 aliphatic rings. The summed E-state index contributed by atoms with van der Waals surface area (Å²) in [5, 5.41) is 11.5. The molecule has 21 heavy (non-hydrogen) atoms. The Morgan fingerprint density at radius 1 is 1.24 bits per heavy atom. The van der Waals surface area contributed by atoms with Crippen LogP contribution in [0.1, 0.15) is 30.1 Å². The van der Waals surface area contributed by atoms with Crippen LogP contribution in [0.25, 0.3) is 0 Å². The van der Waals surface area contributed by atoms with Gasteiger partial charge in [0.25, 0.3) is 0 Å². The van der Waals surface area contributed by atoms with Gasteiger partial charge in [-0.1, -0.05) is 0 Å². The number of rotatable bonds is 7. The van der Waals surface area contributed by atoms with Gasteiger partial charge >= 0.3 is 11.9 Å². The molecule has 7 nitrogen and oxygen atoms in total. The smallest absolute Gasteiger partial charge is 0.339 e. The maximum Gasteiger partial charge on any atom is 0.339 e. The molecule has 0 bridgehead atoms. The zero-order valence-electron chi connectivity index (χ0n) is 11.8. The molecule has 0 unspecified atom stereocenters. The van der Waals surface area contributed by atoms with Crippen LogP contribution >= 0.6 is 0 Å². The van der Waals surface area contributed by atoms with Gasteiger partial charge in [0, 0.05) is 18.2 Å². The summed E-state index contributed by atoms with van der Waals surface area (Å²) in [7, 11) is 1.34. The highest BCUT2D eigenvalue weighted by atomic mass is 16.5.